The molecule has 0 saturated carbocycles. The number of aromatic nitrogens is 3. The molecule has 5 rings (SSSR count). The summed E-state index contributed by atoms with van der Waals surface area (Å²) >= 11 is 5.28. The maximum atomic E-state index is 12.1. The predicted octanol–water partition coefficient (Wildman–Crippen LogP) is 3.48. The molecule has 33 heavy (non-hydrogen) atoms. The summed E-state index contributed by atoms with van der Waals surface area (Å²) in [5.74, 6) is 1.53. The van der Waals surface area contributed by atoms with E-state index in [1.165, 1.54) is 12.5 Å². The van der Waals surface area contributed by atoms with Gasteiger partial charge in [-0.2, -0.15) is 0 Å². The number of hydrogen-bond donors (Lipinski definition) is 2. The Balaban J connectivity index is 1.40. The van der Waals surface area contributed by atoms with Gasteiger partial charge in [0.05, 0.1) is 12.1 Å². The SMILES string of the molecule is C[C@H](O)C(=O)N1CCC(CCn2c(Sc3cc4c(cc3Br)CCO4)nc3c(N)nccc32)C1. The summed E-state index contributed by atoms with van der Waals surface area (Å²) in [5.41, 5.74) is 9.01. The first-order chi connectivity index (χ1) is 15.9. The maximum Gasteiger partial charge on any atom is 0.251 e. The number of aliphatic hydroxyl groups excluding tert-OH is 1. The molecular formula is C23H26BrN5O3S. The minimum atomic E-state index is -0.949. The molecule has 8 nitrogen and oxygen atoms in total. The van der Waals surface area contributed by atoms with Gasteiger partial charge in [-0.15, -0.1) is 0 Å². The molecule has 2 aliphatic rings. The quantitative estimate of drug-likeness (QED) is 0.501. The first-order valence-corrected chi connectivity index (χ1v) is 12.7. The number of carbonyl (C=O) groups is 1. The summed E-state index contributed by atoms with van der Waals surface area (Å²) in [6, 6.07) is 6.14. The van der Waals surface area contributed by atoms with Gasteiger partial charge < -0.3 is 25.0 Å². The van der Waals surface area contributed by atoms with Crippen molar-refractivity contribution >= 4 is 50.5 Å². The summed E-state index contributed by atoms with van der Waals surface area (Å²) in [6.45, 7) is 4.36. The predicted molar refractivity (Wildman–Crippen MR) is 130 cm³/mol. The number of likely N-dealkylation sites (tertiary alicyclic amines) is 1. The Bertz CT molecular complexity index is 1210. The van der Waals surface area contributed by atoms with Gasteiger partial charge in [-0.3, -0.25) is 4.79 Å². The molecule has 2 atom stereocenters. The number of aryl methyl sites for hydroxylation is 1. The topological polar surface area (TPSA) is 106 Å². The molecule has 3 N–H and O–H groups in total. The van der Waals surface area contributed by atoms with Gasteiger partial charge >= 0.3 is 0 Å². The van der Waals surface area contributed by atoms with Crippen LogP contribution in [-0.4, -0.2) is 56.2 Å². The van der Waals surface area contributed by atoms with Crippen LogP contribution in [-0.2, 0) is 17.8 Å². The lowest BCUT2D eigenvalue weighted by atomic mass is 10.1. The van der Waals surface area contributed by atoms with Crippen molar-refractivity contribution in [2.45, 2.75) is 48.9 Å². The van der Waals surface area contributed by atoms with E-state index >= 15 is 0 Å². The van der Waals surface area contributed by atoms with E-state index in [4.69, 9.17) is 15.5 Å². The minimum Gasteiger partial charge on any atom is -0.493 e. The molecule has 1 aromatic carbocycles. The fourth-order valence-electron chi connectivity index (χ4n) is 4.54. The van der Waals surface area contributed by atoms with Gasteiger partial charge in [-0.1, -0.05) is 11.8 Å². The lowest BCUT2D eigenvalue weighted by Crippen LogP contribution is -2.36. The van der Waals surface area contributed by atoms with Crippen LogP contribution in [0.2, 0.25) is 0 Å². The first-order valence-electron chi connectivity index (χ1n) is 11.1. The van der Waals surface area contributed by atoms with Crippen molar-refractivity contribution in [3.8, 4) is 5.75 Å². The molecule has 0 spiro atoms. The van der Waals surface area contributed by atoms with Crippen LogP contribution in [0.1, 0.15) is 25.3 Å². The van der Waals surface area contributed by atoms with Crippen LogP contribution < -0.4 is 10.5 Å². The van der Waals surface area contributed by atoms with Crippen molar-refractivity contribution in [1.29, 1.82) is 0 Å². The van der Waals surface area contributed by atoms with Gasteiger partial charge in [0.15, 0.2) is 11.0 Å². The van der Waals surface area contributed by atoms with Crippen molar-refractivity contribution in [2.24, 2.45) is 5.92 Å². The van der Waals surface area contributed by atoms with Crippen molar-refractivity contribution in [1.82, 2.24) is 19.4 Å². The second kappa shape index (κ2) is 9.15. The summed E-state index contributed by atoms with van der Waals surface area (Å²) in [7, 11) is 0. The molecule has 3 aromatic rings. The van der Waals surface area contributed by atoms with E-state index in [0.29, 0.717) is 36.9 Å². The van der Waals surface area contributed by atoms with Crippen molar-refractivity contribution in [2.75, 3.05) is 25.4 Å². The Labute approximate surface area is 204 Å². The molecule has 2 aromatic heterocycles. The highest BCUT2D eigenvalue weighted by Crippen LogP contribution is 2.40. The number of nitrogen functional groups attached to an aromatic ring is 1. The molecule has 0 bridgehead atoms. The zero-order valence-electron chi connectivity index (χ0n) is 18.3. The lowest BCUT2D eigenvalue weighted by molar-refractivity contribution is -0.138. The van der Waals surface area contributed by atoms with Gasteiger partial charge in [-0.05, 0) is 65.4 Å². The normalized spacial score (nSPS) is 18.5. The molecule has 1 fully saturated rings. The number of nitrogens with two attached hydrogens (primary N) is 1. The highest BCUT2D eigenvalue weighted by Gasteiger charge is 2.28. The lowest BCUT2D eigenvalue weighted by Gasteiger charge is -2.18. The minimum absolute atomic E-state index is 0.190. The van der Waals surface area contributed by atoms with E-state index in [-0.39, 0.29) is 5.91 Å². The molecule has 1 unspecified atom stereocenters. The number of hydrogen-bond acceptors (Lipinski definition) is 7. The number of anilines is 1. The molecule has 0 aliphatic carbocycles. The van der Waals surface area contributed by atoms with E-state index in [9.17, 15) is 9.90 Å². The van der Waals surface area contributed by atoms with Crippen LogP contribution in [0.15, 0.2) is 38.9 Å². The highest BCUT2D eigenvalue weighted by molar-refractivity contribution is 9.10. The summed E-state index contributed by atoms with van der Waals surface area (Å²) in [6.07, 6.45) is 3.52. The van der Waals surface area contributed by atoms with Gasteiger partial charge in [0.1, 0.15) is 17.4 Å². The highest BCUT2D eigenvalue weighted by atomic mass is 79.9. The monoisotopic (exact) mass is 531 g/mol. The van der Waals surface area contributed by atoms with Gasteiger partial charge in [-0.25, -0.2) is 9.97 Å². The molecule has 1 amide bonds. The molecule has 0 radical (unpaired) electrons. The maximum absolute atomic E-state index is 12.1. The smallest absolute Gasteiger partial charge is 0.251 e. The van der Waals surface area contributed by atoms with Gasteiger partial charge in [0.25, 0.3) is 5.91 Å². The van der Waals surface area contributed by atoms with E-state index < -0.39 is 6.10 Å². The van der Waals surface area contributed by atoms with E-state index in [1.54, 1.807) is 22.9 Å². The second-order valence-corrected chi connectivity index (χ2v) is 10.5. The van der Waals surface area contributed by atoms with Crippen LogP contribution in [0, 0.1) is 5.92 Å². The van der Waals surface area contributed by atoms with Crippen LogP contribution >= 0.6 is 27.7 Å². The van der Waals surface area contributed by atoms with Crippen LogP contribution in [0.25, 0.3) is 11.0 Å². The Hall–Kier alpha value is -2.30. The summed E-state index contributed by atoms with van der Waals surface area (Å²) in [4.78, 5) is 24.0. The zero-order valence-corrected chi connectivity index (χ0v) is 20.7. The number of amides is 1. The van der Waals surface area contributed by atoms with Crippen molar-refractivity contribution in [3.05, 3.63) is 34.4 Å². The number of carbonyl (C=O) groups excluding carboxylic acids is 1. The average molecular weight is 532 g/mol. The third kappa shape index (κ3) is 4.43. The zero-order chi connectivity index (χ0) is 23.1. The Morgan fingerprint density at radius 1 is 1.45 bits per heavy atom. The van der Waals surface area contributed by atoms with Crippen molar-refractivity contribution in [3.63, 3.8) is 0 Å². The van der Waals surface area contributed by atoms with E-state index in [2.05, 4.69) is 37.6 Å². The Morgan fingerprint density at radius 2 is 2.30 bits per heavy atom. The standard InChI is InChI=1S/C23H26BrN5O3S/c1-13(30)22(31)28-7-3-14(12-28)4-8-29-17-2-6-26-21(25)20(17)27-23(29)33-19-11-18-15(5-9-32-18)10-16(19)24/h2,6,10-11,13-14,30H,3-5,7-9,12H2,1H3,(H2,25,26)/t13-,14?/m0/s1. The fourth-order valence-corrected chi connectivity index (χ4v) is 6.13. The summed E-state index contributed by atoms with van der Waals surface area (Å²) in [5, 5.41) is 10.5. The number of aliphatic hydroxyl groups is 1. The average Bonchev–Trinajstić information content (AvgIpc) is 3.51. The van der Waals surface area contributed by atoms with Crippen LogP contribution in [0.4, 0.5) is 5.82 Å². The third-order valence-corrected chi connectivity index (χ3v) is 8.29. The van der Waals surface area contributed by atoms with Crippen LogP contribution in [0.3, 0.4) is 0 Å². The fraction of sp³-hybridized carbons (Fsp3) is 0.435. The number of nitrogens with zero attached hydrogens (tertiary/aromatic N) is 4. The Kier molecular flexibility index (Phi) is 6.24. The van der Waals surface area contributed by atoms with Crippen molar-refractivity contribution < 1.29 is 14.6 Å². The molecular weight excluding hydrogens is 506 g/mol. The number of rotatable bonds is 6. The Morgan fingerprint density at radius 3 is 3.12 bits per heavy atom. The second-order valence-electron chi connectivity index (χ2n) is 8.60. The number of pyridine rings is 1. The molecule has 4 heterocycles. The van der Waals surface area contributed by atoms with E-state index in [0.717, 1.165) is 51.6 Å². The third-order valence-electron chi connectivity index (χ3n) is 6.32. The number of fused-ring (bicyclic) bond motifs is 2. The number of halogens is 1. The first kappa shape index (κ1) is 22.5. The van der Waals surface area contributed by atoms with Gasteiger partial charge in [0, 0.05) is 41.6 Å². The number of imidazole rings is 1. The molecule has 2 aliphatic heterocycles. The molecule has 174 valence electrons. The molecule has 1 saturated heterocycles. The van der Waals surface area contributed by atoms with Crippen LogP contribution in [0.5, 0.6) is 5.75 Å². The largest absolute Gasteiger partial charge is 0.493 e. The number of ether oxygens (including phenoxy) is 1. The number of benzene rings is 1. The molecule has 10 heteroatoms. The van der Waals surface area contributed by atoms with Gasteiger partial charge in [0.2, 0.25) is 0 Å². The summed E-state index contributed by atoms with van der Waals surface area (Å²) < 4.78 is 8.97. The van der Waals surface area contributed by atoms with E-state index in [1.807, 2.05) is 6.07 Å².